The zero-order chi connectivity index (χ0) is 15.0. The zero-order valence-electron chi connectivity index (χ0n) is 11.6. The maximum Gasteiger partial charge on any atom is 0.243 e. The van der Waals surface area contributed by atoms with E-state index in [0.29, 0.717) is 25.1 Å². The van der Waals surface area contributed by atoms with Crippen LogP contribution in [0.15, 0.2) is 23.1 Å². The van der Waals surface area contributed by atoms with Crippen LogP contribution in [0.1, 0.15) is 12.0 Å². The van der Waals surface area contributed by atoms with Gasteiger partial charge in [-0.25, -0.2) is 12.8 Å². The number of nitrogens with one attached hydrogen (secondary N) is 1. The van der Waals surface area contributed by atoms with E-state index in [1.807, 2.05) is 0 Å². The van der Waals surface area contributed by atoms with E-state index < -0.39 is 21.4 Å². The Kier molecular flexibility index (Phi) is 4.15. The van der Waals surface area contributed by atoms with E-state index in [9.17, 15) is 17.9 Å². The quantitative estimate of drug-likeness (QED) is 0.849. The molecule has 1 aromatic carbocycles. The molecular formula is C13H19FN2O3S. The second-order valence-electron chi connectivity index (χ2n) is 5.32. The number of hydrogen-bond acceptors (Lipinski definition) is 4. The number of aliphatic hydroxyl groups is 1. The molecule has 2 rings (SSSR count). The summed E-state index contributed by atoms with van der Waals surface area (Å²) in [5.41, 5.74) is -0.585. The Balaban J connectivity index is 2.27. The van der Waals surface area contributed by atoms with Crippen molar-refractivity contribution >= 4 is 10.0 Å². The van der Waals surface area contributed by atoms with Crippen molar-refractivity contribution in [1.82, 2.24) is 9.62 Å². The molecule has 0 aliphatic carbocycles. The Bertz CT molecular complexity index is 598. The molecule has 0 bridgehead atoms. The maximum absolute atomic E-state index is 13.3. The van der Waals surface area contributed by atoms with E-state index in [0.717, 1.165) is 10.4 Å². The van der Waals surface area contributed by atoms with Gasteiger partial charge in [-0.2, -0.15) is 4.31 Å². The van der Waals surface area contributed by atoms with Gasteiger partial charge in [0, 0.05) is 20.1 Å². The van der Waals surface area contributed by atoms with Gasteiger partial charge in [-0.3, -0.25) is 0 Å². The second kappa shape index (κ2) is 5.40. The summed E-state index contributed by atoms with van der Waals surface area (Å²) in [6.07, 6.45) is 0.495. The third-order valence-electron chi connectivity index (χ3n) is 3.58. The fourth-order valence-corrected chi connectivity index (χ4v) is 3.87. The van der Waals surface area contributed by atoms with Gasteiger partial charge in [-0.1, -0.05) is 6.07 Å². The van der Waals surface area contributed by atoms with Crippen molar-refractivity contribution in [2.24, 2.45) is 0 Å². The van der Waals surface area contributed by atoms with Gasteiger partial charge < -0.3 is 10.4 Å². The number of hydrogen-bond donors (Lipinski definition) is 2. The summed E-state index contributed by atoms with van der Waals surface area (Å²) in [5.74, 6) is -0.594. The van der Waals surface area contributed by atoms with Crippen LogP contribution >= 0.6 is 0 Å². The lowest BCUT2D eigenvalue weighted by Gasteiger charge is -2.27. The van der Waals surface area contributed by atoms with Gasteiger partial charge in [0.2, 0.25) is 10.0 Å². The summed E-state index contributed by atoms with van der Waals surface area (Å²) in [7, 11) is -2.41. The van der Waals surface area contributed by atoms with Crippen molar-refractivity contribution in [3.63, 3.8) is 0 Å². The first kappa shape index (κ1) is 15.4. The Morgan fingerprint density at radius 3 is 2.80 bits per heavy atom. The smallest absolute Gasteiger partial charge is 0.243 e. The van der Waals surface area contributed by atoms with E-state index in [1.165, 1.54) is 19.2 Å². The SMILES string of the molecule is Cc1ccc(F)cc1S(=O)(=O)N(C)CC1(O)CCNC1. The molecule has 0 saturated carbocycles. The third kappa shape index (κ3) is 3.01. The average Bonchev–Trinajstić information content (AvgIpc) is 2.78. The molecule has 0 aromatic heterocycles. The van der Waals surface area contributed by atoms with Crippen LogP contribution in [0.3, 0.4) is 0 Å². The molecule has 20 heavy (non-hydrogen) atoms. The summed E-state index contributed by atoms with van der Waals surface area (Å²) < 4.78 is 39.3. The molecule has 0 amide bonds. The van der Waals surface area contributed by atoms with Gasteiger partial charge in [0.15, 0.2) is 0 Å². The Morgan fingerprint density at radius 2 is 2.20 bits per heavy atom. The minimum atomic E-state index is -3.81. The molecule has 5 nitrogen and oxygen atoms in total. The van der Waals surface area contributed by atoms with Crippen LogP contribution in [0.5, 0.6) is 0 Å². The Morgan fingerprint density at radius 1 is 1.50 bits per heavy atom. The third-order valence-corrected chi connectivity index (χ3v) is 5.52. The zero-order valence-corrected chi connectivity index (χ0v) is 12.4. The average molecular weight is 302 g/mol. The highest BCUT2D eigenvalue weighted by Crippen LogP contribution is 2.23. The normalized spacial score (nSPS) is 23.4. The number of likely N-dealkylation sites (N-methyl/N-ethyl adjacent to an activating group) is 1. The lowest BCUT2D eigenvalue weighted by molar-refractivity contribution is 0.0462. The molecule has 1 atom stereocenters. The van der Waals surface area contributed by atoms with Gasteiger partial charge in [-0.15, -0.1) is 0 Å². The number of halogens is 1. The van der Waals surface area contributed by atoms with Crippen LogP contribution in [0, 0.1) is 12.7 Å². The number of benzene rings is 1. The van der Waals surface area contributed by atoms with E-state index in [1.54, 1.807) is 6.92 Å². The molecule has 112 valence electrons. The van der Waals surface area contributed by atoms with E-state index in [4.69, 9.17) is 0 Å². The van der Waals surface area contributed by atoms with Gasteiger partial charge in [0.05, 0.1) is 10.5 Å². The molecule has 1 aliphatic heterocycles. The van der Waals surface area contributed by atoms with Crippen LogP contribution < -0.4 is 5.32 Å². The lowest BCUT2D eigenvalue weighted by Crippen LogP contribution is -2.45. The number of nitrogens with zero attached hydrogens (tertiary/aromatic N) is 1. The van der Waals surface area contributed by atoms with Crippen molar-refractivity contribution in [3.8, 4) is 0 Å². The highest BCUT2D eigenvalue weighted by atomic mass is 32.2. The summed E-state index contributed by atoms with van der Waals surface area (Å²) in [4.78, 5) is -0.0606. The molecule has 7 heteroatoms. The monoisotopic (exact) mass is 302 g/mol. The highest BCUT2D eigenvalue weighted by Gasteiger charge is 2.36. The largest absolute Gasteiger partial charge is 0.387 e. The van der Waals surface area contributed by atoms with Crippen LogP contribution in [0.2, 0.25) is 0 Å². The van der Waals surface area contributed by atoms with Crippen LogP contribution in [-0.4, -0.2) is 50.1 Å². The Hall–Kier alpha value is -1.02. The summed E-state index contributed by atoms with van der Waals surface area (Å²) in [5, 5.41) is 13.3. The molecule has 1 aliphatic rings. The van der Waals surface area contributed by atoms with Crippen molar-refractivity contribution in [1.29, 1.82) is 0 Å². The van der Waals surface area contributed by atoms with Gasteiger partial charge in [0.25, 0.3) is 0 Å². The molecule has 1 saturated heterocycles. The lowest BCUT2D eigenvalue weighted by atomic mass is 10.0. The first-order valence-electron chi connectivity index (χ1n) is 6.40. The fraction of sp³-hybridized carbons (Fsp3) is 0.538. The van der Waals surface area contributed by atoms with E-state index in [2.05, 4.69) is 5.32 Å². The van der Waals surface area contributed by atoms with Crippen molar-refractivity contribution < 1.29 is 17.9 Å². The highest BCUT2D eigenvalue weighted by molar-refractivity contribution is 7.89. The topological polar surface area (TPSA) is 69.6 Å². The number of aryl methyl sites for hydroxylation is 1. The van der Waals surface area contributed by atoms with Crippen LogP contribution in [-0.2, 0) is 10.0 Å². The minimum Gasteiger partial charge on any atom is -0.387 e. The number of β-amino-alcohol motifs (C(OH)–C–C–N with tert-alkyl or cyclic N) is 1. The van der Waals surface area contributed by atoms with E-state index in [-0.39, 0.29) is 11.4 Å². The van der Waals surface area contributed by atoms with Crippen molar-refractivity contribution in [2.75, 3.05) is 26.7 Å². The molecule has 1 aromatic rings. The van der Waals surface area contributed by atoms with Crippen molar-refractivity contribution in [3.05, 3.63) is 29.6 Å². The Labute approximate surface area is 118 Å². The molecular weight excluding hydrogens is 283 g/mol. The second-order valence-corrected chi connectivity index (χ2v) is 7.34. The summed E-state index contributed by atoms with van der Waals surface area (Å²) in [6.45, 7) is 2.61. The standard InChI is InChI=1S/C13H19FN2O3S/c1-10-3-4-11(14)7-12(10)20(18,19)16(2)9-13(17)5-6-15-8-13/h3-4,7,15,17H,5-6,8-9H2,1-2H3. The summed E-state index contributed by atoms with van der Waals surface area (Å²) >= 11 is 0. The van der Waals surface area contributed by atoms with Gasteiger partial charge in [-0.05, 0) is 37.6 Å². The molecule has 0 radical (unpaired) electrons. The van der Waals surface area contributed by atoms with Crippen LogP contribution in [0.25, 0.3) is 0 Å². The predicted molar refractivity (Wildman–Crippen MR) is 73.4 cm³/mol. The number of rotatable bonds is 4. The molecule has 2 N–H and O–H groups in total. The minimum absolute atomic E-state index is 0.0156. The predicted octanol–water partition coefficient (Wildman–Crippen LogP) is 0.479. The van der Waals surface area contributed by atoms with Gasteiger partial charge >= 0.3 is 0 Å². The fourth-order valence-electron chi connectivity index (χ4n) is 2.38. The molecule has 1 unspecified atom stereocenters. The first-order chi connectivity index (χ1) is 9.24. The molecule has 1 heterocycles. The first-order valence-corrected chi connectivity index (χ1v) is 7.84. The van der Waals surface area contributed by atoms with E-state index >= 15 is 0 Å². The molecule has 0 spiro atoms. The number of sulfonamides is 1. The van der Waals surface area contributed by atoms with Crippen LogP contribution in [0.4, 0.5) is 4.39 Å². The van der Waals surface area contributed by atoms with Crippen molar-refractivity contribution in [2.45, 2.75) is 23.8 Å². The maximum atomic E-state index is 13.3. The van der Waals surface area contributed by atoms with Gasteiger partial charge in [0.1, 0.15) is 5.82 Å². The summed E-state index contributed by atoms with van der Waals surface area (Å²) in [6, 6.07) is 3.67. The molecule has 1 fully saturated rings.